The molecule has 2 aromatic carbocycles. The summed E-state index contributed by atoms with van der Waals surface area (Å²) in [6.45, 7) is 1.35. The maximum absolute atomic E-state index is 13.9. The van der Waals surface area contributed by atoms with Gasteiger partial charge < -0.3 is 19.9 Å². The highest BCUT2D eigenvalue weighted by atomic mass is 19.1. The topological polar surface area (TPSA) is 105 Å². The lowest BCUT2D eigenvalue weighted by Gasteiger charge is -2.12. The van der Waals surface area contributed by atoms with Crippen LogP contribution in [0.15, 0.2) is 48.2 Å². The van der Waals surface area contributed by atoms with Crippen molar-refractivity contribution in [1.29, 1.82) is 0 Å². The van der Waals surface area contributed by atoms with Crippen LogP contribution >= 0.6 is 0 Å². The molecule has 3 rings (SSSR count). The maximum Gasteiger partial charge on any atom is 0.341 e. The molecule has 2 aromatic rings. The molecule has 156 valence electrons. The Morgan fingerprint density at radius 1 is 1.17 bits per heavy atom. The molecule has 0 unspecified atom stereocenters. The summed E-state index contributed by atoms with van der Waals surface area (Å²) in [7, 11) is 0. The molecule has 1 fully saturated rings. The summed E-state index contributed by atoms with van der Waals surface area (Å²) in [5.41, 5.74) is 0.774. The fourth-order valence-electron chi connectivity index (χ4n) is 2.82. The second kappa shape index (κ2) is 9.08. The minimum absolute atomic E-state index is 0.0259. The van der Waals surface area contributed by atoms with Gasteiger partial charge in [0.1, 0.15) is 11.5 Å². The molecule has 0 aliphatic carbocycles. The molecular formula is C21H19FN2O6. The van der Waals surface area contributed by atoms with Crippen molar-refractivity contribution in [3.8, 4) is 11.5 Å². The lowest BCUT2D eigenvalue weighted by atomic mass is 10.1. The molecule has 8 nitrogen and oxygen atoms in total. The van der Waals surface area contributed by atoms with Gasteiger partial charge in [-0.15, -0.1) is 0 Å². The molecule has 0 atom stereocenters. The molecule has 30 heavy (non-hydrogen) atoms. The Hall–Kier alpha value is -3.88. The summed E-state index contributed by atoms with van der Waals surface area (Å²) in [6, 6.07) is 9.92. The lowest BCUT2D eigenvalue weighted by molar-refractivity contribution is -0.139. The zero-order valence-corrected chi connectivity index (χ0v) is 16.1. The van der Waals surface area contributed by atoms with Gasteiger partial charge in [-0.05, 0) is 36.8 Å². The van der Waals surface area contributed by atoms with E-state index in [0.717, 1.165) is 4.90 Å². The monoisotopic (exact) mass is 414 g/mol. The fourth-order valence-corrected chi connectivity index (χ4v) is 2.82. The molecule has 0 spiro atoms. The lowest BCUT2D eigenvalue weighted by Crippen LogP contribution is -2.30. The number of aliphatic carboxylic acids is 1. The molecule has 9 heteroatoms. The number of hydrogen-bond donors (Lipinski definition) is 2. The first kappa shape index (κ1) is 20.8. The van der Waals surface area contributed by atoms with E-state index in [1.807, 2.05) is 0 Å². The molecular weight excluding hydrogens is 395 g/mol. The third kappa shape index (κ3) is 4.75. The second-order valence-electron chi connectivity index (χ2n) is 6.29. The molecule has 1 saturated heterocycles. The normalized spacial score (nSPS) is 14.7. The first-order valence-electron chi connectivity index (χ1n) is 9.08. The number of carbonyl (C=O) groups excluding carboxylic acids is 2. The van der Waals surface area contributed by atoms with Gasteiger partial charge >= 0.3 is 12.0 Å². The maximum atomic E-state index is 13.9. The highest BCUT2D eigenvalue weighted by molar-refractivity contribution is 6.13. The van der Waals surface area contributed by atoms with Gasteiger partial charge in [0.15, 0.2) is 18.1 Å². The molecule has 2 N–H and O–H groups in total. The van der Waals surface area contributed by atoms with Crippen molar-refractivity contribution in [2.24, 2.45) is 0 Å². The smallest absolute Gasteiger partial charge is 0.341 e. The van der Waals surface area contributed by atoms with Gasteiger partial charge in [0.25, 0.3) is 5.91 Å². The first-order valence-corrected chi connectivity index (χ1v) is 9.08. The standard InChI is InChI=1S/C21H19FN2O6/c1-2-29-18-10-13(7-8-17(18)30-12-19(25)26)9-16-20(27)24(21(28)23-16)11-14-5-3-4-6-15(14)22/h3-10H,2,11-12H2,1H3,(H,23,28)(H,25,26). The van der Waals surface area contributed by atoms with Crippen LogP contribution in [-0.2, 0) is 16.1 Å². The summed E-state index contributed by atoms with van der Waals surface area (Å²) >= 11 is 0. The van der Waals surface area contributed by atoms with E-state index < -0.39 is 30.3 Å². The largest absolute Gasteiger partial charge is 0.490 e. The van der Waals surface area contributed by atoms with Crippen LogP contribution in [0, 0.1) is 5.82 Å². The van der Waals surface area contributed by atoms with Crippen molar-refractivity contribution < 1.29 is 33.4 Å². The number of hydrogen-bond acceptors (Lipinski definition) is 5. The molecule has 1 heterocycles. The average molecular weight is 414 g/mol. The molecule has 0 saturated carbocycles. The van der Waals surface area contributed by atoms with Crippen LogP contribution in [0.3, 0.4) is 0 Å². The number of urea groups is 1. The van der Waals surface area contributed by atoms with Gasteiger partial charge in [-0.2, -0.15) is 0 Å². The minimum Gasteiger partial charge on any atom is -0.490 e. The van der Waals surface area contributed by atoms with Crippen molar-refractivity contribution in [2.75, 3.05) is 13.2 Å². The van der Waals surface area contributed by atoms with E-state index in [1.165, 1.54) is 30.3 Å². The third-order valence-corrected chi connectivity index (χ3v) is 4.18. The predicted octanol–water partition coefficient (Wildman–Crippen LogP) is 2.78. The number of rotatable bonds is 8. The van der Waals surface area contributed by atoms with Gasteiger partial charge in [0, 0.05) is 5.56 Å². The van der Waals surface area contributed by atoms with Crippen molar-refractivity contribution in [3.05, 3.63) is 65.1 Å². The van der Waals surface area contributed by atoms with Crippen molar-refractivity contribution in [3.63, 3.8) is 0 Å². The van der Waals surface area contributed by atoms with Gasteiger partial charge in [0.05, 0.1) is 13.2 Å². The molecule has 0 radical (unpaired) electrons. The van der Waals surface area contributed by atoms with E-state index in [1.54, 1.807) is 25.1 Å². The SMILES string of the molecule is CCOc1cc(C=C2NC(=O)N(Cc3ccccc3F)C2=O)ccc1OCC(=O)O. The molecule has 1 aliphatic rings. The van der Waals surface area contributed by atoms with Crippen molar-refractivity contribution in [2.45, 2.75) is 13.5 Å². The predicted molar refractivity (Wildman–Crippen MR) is 104 cm³/mol. The summed E-state index contributed by atoms with van der Waals surface area (Å²) in [5, 5.41) is 11.2. The fraction of sp³-hybridized carbons (Fsp3) is 0.190. The van der Waals surface area contributed by atoms with Crippen LogP contribution in [0.1, 0.15) is 18.1 Å². The zero-order chi connectivity index (χ0) is 21.7. The van der Waals surface area contributed by atoms with Crippen LogP contribution in [0.25, 0.3) is 6.08 Å². The Morgan fingerprint density at radius 3 is 2.63 bits per heavy atom. The van der Waals surface area contributed by atoms with Crippen LogP contribution in [-0.4, -0.2) is 41.1 Å². The zero-order valence-electron chi connectivity index (χ0n) is 16.1. The number of benzene rings is 2. The number of carbonyl (C=O) groups is 3. The van der Waals surface area contributed by atoms with E-state index in [9.17, 15) is 18.8 Å². The third-order valence-electron chi connectivity index (χ3n) is 4.18. The summed E-state index contributed by atoms with van der Waals surface area (Å²) < 4.78 is 24.5. The summed E-state index contributed by atoms with van der Waals surface area (Å²) in [6.07, 6.45) is 1.45. The van der Waals surface area contributed by atoms with E-state index in [4.69, 9.17) is 14.6 Å². The number of imide groups is 1. The number of ether oxygens (including phenoxy) is 2. The Morgan fingerprint density at radius 2 is 1.93 bits per heavy atom. The summed E-state index contributed by atoms with van der Waals surface area (Å²) in [5.74, 6) is -1.68. The Balaban J connectivity index is 1.81. The Labute approximate surface area is 171 Å². The molecule has 0 aromatic heterocycles. The van der Waals surface area contributed by atoms with Gasteiger partial charge in [0.2, 0.25) is 0 Å². The van der Waals surface area contributed by atoms with Gasteiger partial charge in [-0.25, -0.2) is 14.0 Å². The quantitative estimate of drug-likeness (QED) is 0.508. The number of nitrogens with one attached hydrogen (secondary N) is 1. The van der Waals surface area contributed by atoms with Crippen LogP contribution in [0.4, 0.5) is 9.18 Å². The number of carboxylic acids is 1. The van der Waals surface area contributed by atoms with Crippen LogP contribution in [0.2, 0.25) is 0 Å². The average Bonchev–Trinajstić information content (AvgIpc) is 2.96. The number of nitrogens with zero attached hydrogens (tertiary/aromatic N) is 1. The van der Waals surface area contributed by atoms with Gasteiger partial charge in [-0.1, -0.05) is 24.3 Å². The van der Waals surface area contributed by atoms with Crippen molar-refractivity contribution >= 4 is 24.0 Å². The Bertz CT molecular complexity index is 1020. The second-order valence-corrected chi connectivity index (χ2v) is 6.29. The van der Waals surface area contributed by atoms with E-state index in [0.29, 0.717) is 17.9 Å². The number of halogens is 1. The minimum atomic E-state index is -1.13. The van der Waals surface area contributed by atoms with Crippen LogP contribution < -0.4 is 14.8 Å². The number of amides is 3. The van der Waals surface area contributed by atoms with Crippen LogP contribution in [0.5, 0.6) is 11.5 Å². The Kier molecular flexibility index (Phi) is 6.31. The molecule has 0 bridgehead atoms. The highest BCUT2D eigenvalue weighted by Crippen LogP contribution is 2.30. The van der Waals surface area contributed by atoms with E-state index in [2.05, 4.69) is 5.32 Å². The highest BCUT2D eigenvalue weighted by Gasteiger charge is 2.34. The van der Waals surface area contributed by atoms with E-state index >= 15 is 0 Å². The first-order chi connectivity index (χ1) is 14.4. The van der Waals surface area contributed by atoms with Crippen molar-refractivity contribution in [1.82, 2.24) is 10.2 Å². The molecule has 1 aliphatic heterocycles. The summed E-state index contributed by atoms with van der Waals surface area (Å²) in [4.78, 5) is 36.4. The van der Waals surface area contributed by atoms with Gasteiger partial charge in [-0.3, -0.25) is 9.69 Å². The van der Waals surface area contributed by atoms with E-state index in [-0.39, 0.29) is 23.6 Å². The number of carboxylic acid groups (broad SMARTS) is 1. The molecule has 3 amide bonds.